The van der Waals surface area contributed by atoms with Crippen LogP contribution < -0.4 is 19.6 Å². The van der Waals surface area contributed by atoms with Crippen molar-refractivity contribution >= 4 is 68.1 Å². The molecule has 4 aromatic carbocycles. The number of fused-ring (bicyclic) bond motifs is 1. The number of carbonyl (C=O) groups is 2. The number of hydrogen-bond acceptors (Lipinski definition) is 6. The number of nitrogens with one attached hydrogen (secondary N) is 2. The van der Waals surface area contributed by atoms with Gasteiger partial charge in [-0.2, -0.15) is 5.10 Å². The number of methoxy groups -OCH3 is 1. The Bertz CT molecular complexity index is 1870. The van der Waals surface area contributed by atoms with E-state index in [2.05, 4.69) is 31.4 Å². The molecule has 8 nitrogen and oxygen atoms in total. The van der Waals surface area contributed by atoms with Crippen molar-refractivity contribution in [3.63, 3.8) is 0 Å². The number of aromatic nitrogens is 1. The number of benzene rings is 4. The topological polar surface area (TPSA) is 102 Å². The molecular weight excluding hydrogens is 657 g/mol. The van der Waals surface area contributed by atoms with Crippen LogP contribution in [0.25, 0.3) is 22.0 Å². The van der Waals surface area contributed by atoms with E-state index in [9.17, 15) is 9.59 Å². The summed E-state index contributed by atoms with van der Waals surface area (Å²) in [5.74, 6) is 0.0551. The van der Waals surface area contributed by atoms with Gasteiger partial charge in [0.2, 0.25) is 0 Å². The monoisotopic (exact) mass is 679 g/mol. The lowest BCUT2D eigenvalue weighted by molar-refractivity contribution is 0.0727. The van der Waals surface area contributed by atoms with Crippen molar-refractivity contribution in [2.75, 3.05) is 13.7 Å². The quantitative estimate of drug-likeness (QED) is 0.0706. The molecule has 0 bridgehead atoms. The van der Waals surface area contributed by atoms with Crippen LogP contribution in [0.1, 0.15) is 33.3 Å². The number of aromatic amines is 1. The molecule has 5 rings (SSSR count). The van der Waals surface area contributed by atoms with Gasteiger partial charge in [0.15, 0.2) is 11.5 Å². The highest BCUT2D eigenvalue weighted by Crippen LogP contribution is 2.40. The SMILES string of the molecule is CCOc1cc(C=NNC(=O)c2[nH]c3c(Cl)cc(Br)cc3c2-c2ccccc2Cl)ccc1OC(=O)c1cccc(OC)c1. The highest BCUT2D eigenvalue weighted by atomic mass is 79.9. The molecule has 0 aliphatic rings. The zero-order valence-corrected chi connectivity index (χ0v) is 26.0. The number of H-pyrrole nitrogens is 1. The molecule has 1 amide bonds. The van der Waals surface area contributed by atoms with Gasteiger partial charge in [-0.05, 0) is 67.1 Å². The summed E-state index contributed by atoms with van der Waals surface area (Å²) < 4.78 is 17.2. The van der Waals surface area contributed by atoms with Gasteiger partial charge in [-0.1, -0.05) is 63.4 Å². The summed E-state index contributed by atoms with van der Waals surface area (Å²) in [6.07, 6.45) is 1.45. The average molecular weight is 681 g/mol. The zero-order valence-electron chi connectivity index (χ0n) is 22.9. The largest absolute Gasteiger partial charge is 0.497 e. The van der Waals surface area contributed by atoms with Crippen LogP contribution in [0.4, 0.5) is 0 Å². The Morgan fingerprint density at radius 3 is 2.56 bits per heavy atom. The van der Waals surface area contributed by atoms with Crippen LogP contribution in [-0.4, -0.2) is 36.8 Å². The van der Waals surface area contributed by atoms with Crippen molar-refractivity contribution in [3.8, 4) is 28.4 Å². The molecule has 218 valence electrons. The van der Waals surface area contributed by atoms with E-state index in [1.807, 2.05) is 31.2 Å². The summed E-state index contributed by atoms with van der Waals surface area (Å²) >= 11 is 16.5. The predicted octanol–water partition coefficient (Wildman–Crippen LogP) is 8.29. The molecule has 5 aromatic rings. The summed E-state index contributed by atoms with van der Waals surface area (Å²) in [5.41, 5.74) is 5.59. The van der Waals surface area contributed by atoms with Crippen molar-refractivity contribution in [3.05, 3.63) is 110 Å². The normalized spacial score (nSPS) is 11.1. The first-order chi connectivity index (χ1) is 20.8. The molecule has 0 spiro atoms. The van der Waals surface area contributed by atoms with Crippen molar-refractivity contribution in [2.45, 2.75) is 6.92 Å². The summed E-state index contributed by atoms with van der Waals surface area (Å²) in [5, 5.41) is 5.79. The molecule has 0 atom stereocenters. The molecule has 1 aromatic heterocycles. The van der Waals surface area contributed by atoms with Crippen LogP contribution in [0, 0.1) is 0 Å². The summed E-state index contributed by atoms with van der Waals surface area (Å²) in [4.78, 5) is 29.3. The van der Waals surface area contributed by atoms with E-state index in [1.54, 1.807) is 54.6 Å². The minimum Gasteiger partial charge on any atom is -0.497 e. The van der Waals surface area contributed by atoms with Crippen LogP contribution in [0.5, 0.6) is 17.2 Å². The van der Waals surface area contributed by atoms with Crippen LogP contribution >= 0.6 is 39.1 Å². The van der Waals surface area contributed by atoms with Gasteiger partial charge in [-0.3, -0.25) is 4.79 Å². The lowest BCUT2D eigenvalue weighted by Crippen LogP contribution is -2.19. The number of amides is 1. The molecule has 2 N–H and O–H groups in total. The molecule has 0 fully saturated rings. The van der Waals surface area contributed by atoms with E-state index < -0.39 is 11.9 Å². The molecule has 0 aliphatic heterocycles. The number of nitrogens with zero attached hydrogens (tertiary/aromatic N) is 1. The summed E-state index contributed by atoms with van der Waals surface area (Å²) in [6.45, 7) is 2.15. The lowest BCUT2D eigenvalue weighted by atomic mass is 10.0. The standard InChI is InChI=1S/C32H24BrCl2N3O5/c1-3-42-27-13-18(11-12-26(27)43-32(40)19-7-6-8-21(14-19)41-2)17-36-38-31(39)30-28(22-9-4-5-10-24(22)34)23-15-20(33)16-25(35)29(23)37-30/h4-17,37H,3H2,1-2H3,(H,38,39). The van der Waals surface area contributed by atoms with Crippen LogP contribution in [0.3, 0.4) is 0 Å². The van der Waals surface area contributed by atoms with Crippen molar-refractivity contribution in [1.82, 2.24) is 10.4 Å². The fourth-order valence-corrected chi connectivity index (χ4v) is 5.51. The van der Waals surface area contributed by atoms with Gasteiger partial charge in [0.1, 0.15) is 11.4 Å². The zero-order chi connectivity index (χ0) is 30.5. The fourth-order valence-electron chi connectivity index (χ4n) is 4.42. The lowest BCUT2D eigenvalue weighted by Gasteiger charge is -2.11. The molecule has 0 saturated carbocycles. The number of hydrazone groups is 1. The van der Waals surface area contributed by atoms with Gasteiger partial charge in [-0.25, -0.2) is 10.2 Å². The van der Waals surface area contributed by atoms with E-state index >= 15 is 0 Å². The van der Waals surface area contributed by atoms with Gasteiger partial charge in [0, 0.05) is 26.0 Å². The van der Waals surface area contributed by atoms with Crippen molar-refractivity contribution < 1.29 is 23.8 Å². The maximum atomic E-state index is 13.4. The number of hydrogen-bond donors (Lipinski definition) is 2. The highest BCUT2D eigenvalue weighted by molar-refractivity contribution is 9.10. The van der Waals surface area contributed by atoms with E-state index in [0.717, 1.165) is 9.86 Å². The second kappa shape index (κ2) is 13.3. The van der Waals surface area contributed by atoms with Crippen LogP contribution in [0.2, 0.25) is 10.0 Å². The van der Waals surface area contributed by atoms with E-state index in [0.29, 0.717) is 55.9 Å². The average Bonchev–Trinajstić information content (AvgIpc) is 3.38. The Balaban J connectivity index is 1.39. The Hall–Kier alpha value is -4.31. The minimum atomic E-state index is -0.562. The van der Waals surface area contributed by atoms with Crippen molar-refractivity contribution in [2.24, 2.45) is 5.10 Å². The number of halogens is 3. The highest BCUT2D eigenvalue weighted by Gasteiger charge is 2.22. The third-order valence-corrected chi connectivity index (χ3v) is 7.44. The van der Waals surface area contributed by atoms with Gasteiger partial charge in [-0.15, -0.1) is 0 Å². The second-order valence-corrected chi connectivity index (χ2v) is 10.9. The Kier molecular flexibility index (Phi) is 9.35. The molecule has 43 heavy (non-hydrogen) atoms. The number of esters is 1. The first-order valence-corrected chi connectivity index (χ1v) is 14.6. The summed E-state index contributed by atoms with van der Waals surface area (Å²) in [7, 11) is 1.52. The minimum absolute atomic E-state index is 0.237. The van der Waals surface area contributed by atoms with Gasteiger partial charge >= 0.3 is 5.97 Å². The Morgan fingerprint density at radius 1 is 0.977 bits per heavy atom. The third kappa shape index (κ3) is 6.69. The number of carbonyl (C=O) groups excluding carboxylic acids is 2. The Morgan fingerprint density at radius 2 is 1.79 bits per heavy atom. The van der Waals surface area contributed by atoms with Crippen LogP contribution in [-0.2, 0) is 0 Å². The molecule has 0 aliphatic carbocycles. The molecule has 0 unspecified atom stereocenters. The molecule has 1 heterocycles. The van der Waals surface area contributed by atoms with Crippen LogP contribution in [0.15, 0.2) is 88.4 Å². The van der Waals surface area contributed by atoms with Crippen molar-refractivity contribution in [1.29, 1.82) is 0 Å². The smallest absolute Gasteiger partial charge is 0.343 e. The summed E-state index contributed by atoms with van der Waals surface area (Å²) in [6, 6.07) is 22.4. The first kappa shape index (κ1) is 30.2. The van der Waals surface area contributed by atoms with Gasteiger partial charge in [0.05, 0.1) is 36.0 Å². The predicted molar refractivity (Wildman–Crippen MR) is 172 cm³/mol. The van der Waals surface area contributed by atoms with E-state index in [-0.39, 0.29) is 11.4 Å². The van der Waals surface area contributed by atoms with E-state index in [1.165, 1.54) is 13.3 Å². The van der Waals surface area contributed by atoms with Gasteiger partial charge in [0.25, 0.3) is 5.91 Å². The molecule has 11 heteroatoms. The molecule has 0 radical (unpaired) electrons. The maximum Gasteiger partial charge on any atom is 0.343 e. The van der Waals surface area contributed by atoms with Gasteiger partial charge < -0.3 is 19.2 Å². The fraction of sp³-hybridized carbons (Fsp3) is 0.0938. The second-order valence-electron chi connectivity index (χ2n) is 9.12. The third-order valence-electron chi connectivity index (χ3n) is 6.35. The number of ether oxygens (including phenoxy) is 3. The number of rotatable bonds is 9. The first-order valence-electron chi connectivity index (χ1n) is 13.0. The maximum absolute atomic E-state index is 13.4. The van der Waals surface area contributed by atoms with E-state index in [4.69, 9.17) is 37.4 Å². The molecule has 0 saturated heterocycles. The Labute approximate surface area is 265 Å². The molecular formula is C32H24BrCl2N3O5.